The summed E-state index contributed by atoms with van der Waals surface area (Å²) in [6.07, 6.45) is 0. The van der Waals surface area contributed by atoms with Gasteiger partial charge in [0.05, 0.1) is 0 Å². The molecule has 0 bridgehead atoms. The molecule has 0 aliphatic carbocycles. The number of rotatable bonds is 6. The van der Waals surface area contributed by atoms with Gasteiger partial charge >= 0.3 is 0 Å². The lowest BCUT2D eigenvalue weighted by Gasteiger charge is -2.36. The van der Waals surface area contributed by atoms with Gasteiger partial charge in [0.2, 0.25) is 0 Å². The first-order valence-electron chi connectivity index (χ1n) is 7.65. The van der Waals surface area contributed by atoms with Crippen LogP contribution >= 0.6 is 0 Å². The van der Waals surface area contributed by atoms with Crippen molar-refractivity contribution in [2.75, 3.05) is 59.9 Å². The van der Waals surface area contributed by atoms with Crippen LogP contribution < -0.4 is 5.73 Å². The zero-order valence-electron chi connectivity index (χ0n) is 13.1. The third-order valence-corrected chi connectivity index (χ3v) is 4.09. The summed E-state index contributed by atoms with van der Waals surface area (Å²) in [5.74, 6) is -0.199. The molecule has 2 N–H and O–H groups in total. The minimum absolute atomic E-state index is 0.199. The minimum atomic E-state index is -0.250. The van der Waals surface area contributed by atoms with Gasteiger partial charge in [0.1, 0.15) is 5.82 Å². The maximum Gasteiger partial charge on any atom is 0.128 e. The monoisotopic (exact) mass is 294 g/mol. The second-order valence-electron chi connectivity index (χ2n) is 6.07. The predicted molar refractivity (Wildman–Crippen MR) is 84.8 cm³/mol. The summed E-state index contributed by atoms with van der Waals surface area (Å²) in [4.78, 5) is 7.02. The van der Waals surface area contributed by atoms with Crippen molar-refractivity contribution in [2.24, 2.45) is 5.73 Å². The lowest BCUT2D eigenvalue weighted by molar-refractivity contribution is 0.120. The molecule has 1 fully saturated rings. The Balaban J connectivity index is 1.77. The number of hydrogen-bond donors (Lipinski definition) is 1. The summed E-state index contributed by atoms with van der Waals surface area (Å²) in [5.41, 5.74) is 6.78. The Kier molecular flexibility index (Phi) is 6.11. The molecule has 1 aliphatic rings. The van der Waals surface area contributed by atoms with Crippen molar-refractivity contribution in [2.45, 2.75) is 6.04 Å². The van der Waals surface area contributed by atoms with Gasteiger partial charge in [-0.3, -0.25) is 9.80 Å². The van der Waals surface area contributed by atoms with Crippen LogP contribution in [-0.2, 0) is 0 Å². The van der Waals surface area contributed by atoms with E-state index in [2.05, 4.69) is 28.8 Å². The summed E-state index contributed by atoms with van der Waals surface area (Å²) in [6, 6.07) is 6.56. The molecule has 1 atom stereocenters. The number of nitrogens with two attached hydrogens (primary N) is 1. The first-order valence-corrected chi connectivity index (χ1v) is 7.65. The highest BCUT2D eigenvalue weighted by molar-refractivity contribution is 5.21. The van der Waals surface area contributed by atoms with E-state index >= 15 is 0 Å². The van der Waals surface area contributed by atoms with Crippen LogP contribution in [-0.4, -0.2) is 74.6 Å². The van der Waals surface area contributed by atoms with Crippen LogP contribution in [0.15, 0.2) is 24.3 Å². The molecule has 0 amide bonds. The van der Waals surface area contributed by atoms with Gasteiger partial charge in [0.15, 0.2) is 0 Å². The third-order valence-electron chi connectivity index (χ3n) is 4.09. The average molecular weight is 294 g/mol. The Hall–Kier alpha value is -1.01. The maximum absolute atomic E-state index is 13.7. The lowest BCUT2D eigenvalue weighted by atomic mass is 10.1. The van der Waals surface area contributed by atoms with Crippen molar-refractivity contribution in [3.05, 3.63) is 35.6 Å². The summed E-state index contributed by atoms with van der Waals surface area (Å²) in [5, 5.41) is 0. The van der Waals surface area contributed by atoms with Crippen molar-refractivity contribution in [1.29, 1.82) is 0 Å². The Labute approximate surface area is 127 Å². The van der Waals surface area contributed by atoms with Crippen LogP contribution in [0.1, 0.15) is 11.6 Å². The molecular formula is C16H27FN4. The lowest BCUT2D eigenvalue weighted by Crippen LogP contribution is -2.49. The topological polar surface area (TPSA) is 35.7 Å². The molecule has 1 saturated heterocycles. The van der Waals surface area contributed by atoms with Crippen LogP contribution in [0.4, 0.5) is 4.39 Å². The molecule has 1 aromatic carbocycles. The fourth-order valence-electron chi connectivity index (χ4n) is 2.69. The molecule has 21 heavy (non-hydrogen) atoms. The van der Waals surface area contributed by atoms with Crippen LogP contribution in [0.25, 0.3) is 0 Å². The zero-order chi connectivity index (χ0) is 15.2. The van der Waals surface area contributed by atoms with Crippen LogP contribution in [0, 0.1) is 5.82 Å². The number of halogens is 1. The van der Waals surface area contributed by atoms with Crippen molar-refractivity contribution in [3.8, 4) is 0 Å². The van der Waals surface area contributed by atoms with Gasteiger partial charge in [-0.15, -0.1) is 0 Å². The van der Waals surface area contributed by atoms with E-state index in [1.54, 1.807) is 12.1 Å². The first-order chi connectivity index (χ1) is 10.1. The van der Waals surface area contributed by atoms with Gasteiger partial charge < -0.3 is 10.6 Å². The Morgan fingerprint density at radius 2 is 1.76 bits per heavy atom. The van der Waals surface area contributed by atoms with Crippen molar-refractivity contribution < 1.29 is 4.39 Å². The highest BCUT2D eigenvalue weighted by Crippen LogP contribution is 2.16. The smallest absolute Gasteiger partial charge is 0.128 e. The molecule has 0 saturated carbocycles. The van der Waals surface area contributed by atoms with Crippen molar-refractivity contribution in [3.63, 3.8) is 0 Å². The largest absolute Gasteiger partial charge is 0.323 e. The van der Waals surface area contributed by atoms with Crippen molar-refractivity contribution in [1.82, 2.24) is 14.7 Å². The Morgan fingerprint density at radius 1 is 1.14 bits per heavy atom. The first kappa shape index (κ1) is 16.4. The standard InChI is InChI=1S/C16H27FN4/c1-19(2)7-8-20-9-11-21(12-10-20)13-16(18)14-5-3-4-6-15(14)17/h3-6,16H,7-13,18H2,1-2H3. The van der Waals surface area contributed by atoms with E-state index in [1.807, 2.05) is 6.07 Å². The SMILES string of the molecule is CN(C)CCN1CCN(CC(N)c2ccccc2F)CC1. The summed E-state index contributed by atoms with van der Waals surface area (Å²) in [7, 11) is 4.20. The van der Waals surface area contributed by atoms with Crippen molar-refractivity contribution >= 4 is 0 Å². The minimum Gasteiger partial charge on any atom is -0.323 e. The van der Waals surface area contributed by atoms with Gasteiger partial charge in [0, 0.05) is 57.4 Å². The van der Waals surface area contributed by atoms with E-state index in [-0.39, 0.29) is 11.9 Å². The molecule has 0 radical (unpaired) electrons. The molecule has 118 valence electrons. The zero-order valence-corrected chi connectivity index (χ0v) is 13.1. The normalized spacial score (nSPS) is 19.1. The summed E-state index contributed by atoms with van der Waals surface area (Å²) >= 11 is 0. The van der Waals surface area contributed by atoms with E-state index in [0.29, 0.717) is 5.56 Å². The highest BCUT2D eigenvalue weighted by Gasteiger charge is 2.20. The molecule has 5 heteroatoms. The highest BCUT2D eigenvalue weighted by atomic mass is 19.1. The fraction of sp³-hybridized carbons (Fsp3) is 0.625. The number of nitrogens with zero attached hydrogens (tertiary/aromatic N) is 3. The molecule has 0 aromatic heterocycles. The van der Waals surface area contributed by atoms with Gasteiger partial charge in [-0.1, -0.05) is 18.2 Å². The molecule has 1 unspecified atom stereocenters. The molecule has 1 heterocycles. The predicted octanol–water partition coefficient (Wildman–Crippen LogP) is 1.00. The number of benzene rings is 1. The van der Waals surface area contributed by atoms with Gasteiger partial charge in [0.25, 0.3) is 0 Å². The fourth-order valence-corrected chi connectivity index (χ4v) is 2.69. The number of piperazine rings is 1. The molecule has 2 rings (SSSR count). The maximum atomic E-state index is 13.7. The van der Waals surface area contributed by atoms with E-state index in [9.17, 15) is 4.39 Å². The van der Waals surface area contributed by atoms with E-state index in [4.69, 9.17) is 5.73 Å². The second-order valence-corrected chi connectivity index (χ2v) is 6.07. The molecule has 1 aliphatic heterocycles. The molecular weight excluding hydrogens is 267 g/mol. The van der Waals surface area contributed by atoms with Crippen LogP contribution in [0.2, 0.25) is 0 Å². The van der Waals surface area contributed by atoms with E-state index < -0.39 is 0 Å². The van der Waals surface area contributed by atoms with Gasteiger partial charge in [-0.2, -0.15) is 0 Å². The van der Waals surface area contributed by atoms with Gasteiger partial charge in [-0.25, -0.2) is 4.39 Å². The third kappa shape index (κ3) is 5.04. The molecule has 0 spiro atoms. The Bertz CT molecular complexity index is 430. The van der Waals surface area contributed by atoms with E-state index in [0.717, 1.165) is 45.8 Å². The number of likely N-dealkylation sites (N-methyl/N-ethyl adjacent to an activating group) is 1. The van der Waals surface area contributed by atoms with Crippen LogP contribution in [0.3, 0.4) is 0 Å². The molecule has 4 nitrogen and oxygen atoms in total. The average Bonchev–Trinajstić information content (AvgIpc) is 2.47. The Morgan fingerprint density at radius 3 is 2.38 bits per heavy atom. The second kappa shape index (κ2) is 7.84. The van der Waals surface area contributed by atoms with E-state index in [1.165, 1.54) is 6.07 Å². The summed E-state index contributed by atoms with van der Waals surface area (Å²) in [6.45, 7) is 7.08. The quantitative estimate of drug-likeness (QED) is 0.849. The van der Waals surface area contributed by atoms with Crippen LogP contribution in [0.5, 0.6) is 0 Å². The number of hydrogen-bond acceptors (Lipinski definition) is 4. The summed E-state index contributed by atoms with van der Waals surface area (Å²) < 4.78 is 13.7. The molecule has 1 aromatic rings. The van der Waals surface area contributed by atoms with Gasteiger partial charge in [-0.05, 0) is 20.2 Å².